The predicted octanol–water partition coefficient (Wildman–Crippen LogP) is 11.5. The number of aromatic hydroxyl groups is 5. The molecule has 57 heavy (non-hydrogen) atoms. The Balaban J connectivity index is 1.22. The summed E-state index contributed by atoms with van der Waals surface area (Å²) in [6.45, 7) is 9.05. The van der Waals surface area contributed by atoms with Gasteiger partial charge in [0.25, 0.3) is 0 Å². The molecule has 0 spiro atoms. The number of phenolic OH excluding ortho intramolecular Hbond substituents is 5. The molecule has 0 fully saturated rings. The van der Waals surface area contributed by atoms with Gasteiger partial charge in [-0.2, -0.15) is 0 Å². The lowest BCUT2D eigenvalue weighted by molar-refractivity contribution is 0.329. The van der Waals surface area contributed by atoms with Crippen LogP contribution in [0.15, 0.2) is 182 Å². The van der Waals surface area contributed by atoms with Crippen LogP contribution in [0.1, 0.15) is 29.5 Å². The first-order chi connectivity index (χ1) is 27.7. The van der Waals surface area contributed by atoms with E-state index in [1.807, 2.05) is 66.8 Å². The molecule has 1 heterocycles. The number of nitrogens with zero attached hydrogens (tertiary/aromatic N) is 2. The van der Waals surface area contributed by atoms with Gasteiger partial charge in [0.1, 0.15) is 5.69 Å². The van der Waals surface area contributed by atoms with E-state index in [0.717, 1.165) is 52.0 Å². The van der Waals surface area contributed by atoms with Gasteiger partial charge in [-0.1, -0.05) is 135 Å². The Morgan fingerprint density at radius 2 is 1.33 bits per heavy atom. The summed E-state index contributed by atoms with van der Waals surface area (Å²) in [4.78, 5) is 3.58. The number of hydrogen-bond acceptors (Lipinski definition) is 7. The zero-order chi connectivity index (χ0) is 39.6. The van der Waals surface area contributed by atoms with Crippen LogP contribution in [0.25, 0.3) is 27.8 Å². The summed E-state index contributed by atoms with van der Waals surface area (Å²) in [7, 11) is 0. The third kappa shape index (κ3) is 6.91. The molecule has 5 aromatic rings. The Morgan fingerprint density at radius 1 is 0.702 bits per heavy atom. The minimum atomic E-state index is -1.05. The summed E-state index contributed by atoms with van der Waals surface area (Å²) in [5, 5.41) is 54.4. The maximum Gasteiger partial charge on any atom is 0.208 e. The van der Waals surface area contributed by atoms with Crippen LogP contribution >= 0.6 is 0 Å². The highest BCUT2D eigenvalue weighted by Crippen LogP contribution is 2.56. The van der Waals surface area contributed by atoms with Crippen LogP contribution < -0.4 is 9.80 Å². The molecule has 7 nitrogen and oxygen atoms in total. The molecule has 1 atom stereocenters. The van der Waals surface area contributed by atoms with Crippen molar-refractivity contribution in [1.82, 2.24) is 0 Å². The third-order valence-electron chi connectivity index (χ3n) is 10.8. The van der Waals surface area contributed by atoms with E-state index in [0.29, 0.717) is 23.7 Å². The van der Waals surface area contributed by atoms with Crippen molar-refractivity contribution in [2.24, 2.45) is 5.92 Å². The number of benzene rings is 5. The van der Waals surface area contributed by atoms with E-state index >= 15 is 0 Å². The monoisotopic (exact) mass is 750 g/mol. The van der Waals surface area contributed by atoms with Crippen molar-refractivity contribution in [3.8, 4) is 39.9 Å². The Kier molecular flexibility index (Phi) is 9.88. The number of anilines is 3. The summed E-state index contributed by atoms with van der Waals surface area (Å²) >= 11 is 0. The normalized spacial score (nSPS) is 18.3. The van der Waals surface area contributed by atoms with Crippen LogP contribution in [-0.2, 0) is 0 Å². The molecule has 2 aliphatic carbocycles. The SMILES string of the molecule is C=C1/C=C\C(N(C(=C)/C=C\C=C2/CC3CC=CC=C3c3ccccc32)c2c(O)c(O)c(O)c(O)c2O)=C/CN(c2ccc(-c3ccccc3)cc2)c2ccccc21. The molecule has 5 aromatic carbocycles. The van der Waals surface area contributed by atoms with Gasteiger partial charge in [-0.3, -0.25) is 0 Å². The summed E-state index contributed by atoms with van der Waals surface area (Å²) in [6, 6.07) is 34.8. The fraction of sp³-hybridized carbons (Fsp3) is 0.0800. The maximum absolute atomic E-state index is 11.3. The Labute approximate surface area is 332 Å². The van der Waals surface area contributed by atoms with E-state index < -0.39 is 28.7 Å². The molecular weight excluding hydrogens is 709 g/mol. The molecule has 0 radical (unpaired) electrons. The van der Waals surface area contributed by atoms with E-state index in [4.69, 9.17) is 0 Å². The molecule has 7 heteroatoms. The molecule has 0 amide bonds. The highest BCUT2D eigenvalue weighted by molar-refractivity contribution is 5.89. The van der Waals surface area contributed by atoms with E-state index in [1.165, 1.54) is 16.0 Å². The Morgan fingerprint density at radius 3 is 2.07 bits per heavy atom. The van der Waals surface area contributed by atoms with Gasteiger partial charge >= 0.3 is 0 Å². The summed E-state index contributed by atoms with van der Waals surface area (Å²) < 4.78 is 0. The maximum atomic E-state index is 11.3. The van der Waals surface area contributed by atoms with Gasteiger partial charge in [-0.15, -0.1) is 0 Å². The molecule has 3 aliphatic rings. The van der Waals surface area contributed by atoms with Crippen LogP contribution in [0, 0.1) is 5.92 Å². The van der Waals surface area contributed by atoms with E-state index in [2.05, 4.69) is 97.0 Å². The first kappa shape index (κ1) is 36.6. The van der Waals surface area contributed by atoms with E-state index in [1.54, 1.807) is 12.2 Å². The number of rotatable bonds is 7. The summed E-state index contributed by atoms with van der Waals surface area (Å²) in [5.41, 5.74) is 10.8. The molecule has 5 N–H and O–H groups in total. The van der Waals surface area contributed by atoms with Gasteiger partial charge in [0.2, 0.25) is 17.2 Å². The minimum Gasteiger partial charge on any atom is -0.503 e. The third-order valence-corrected chi connectivity index (χ3v) is 10.8. The molecule has 282 valence electrons. The highest BCUT2D eigenvalue weighted by atomic mass is 16.4. The molecule has 0 saturated carbocycles. The fourth-order valence-electron chi connectivity index (χ4n) is 7.88. The predicted molar refractivity (Wildman–Crippen MR) is 231 cm³/mol. The number of fused-ring (bicyclic) bond motifs is 4. The second kappa shape index (κ2) is 15.4. The number of hydrogen-bond donors (Lipinski definition) is 5. The van der Waals surface area contributed by atoms with Crippen molar-refractivity contribution in [1.29, 1.82) is 0 Å². The summed E-state index contributed by atoms with van der Waals surface area (Å²) in [5.74, 6) is -4.34. The average Bonchev–Trinajstić information content (AvgIpc) is 3.32. The molecule has 1 unspecified atom stereocenters. The van der Waals surface area contributed by atoms with Crippen molar-refractivity contribution in [3.05, 3.63) is 199 Å². The van der Waals surface area contributed by atoms with Gasteiger partial charge in [0.15, 0.2) is 11.5 Å². The lowest BCUT2D eigenvalue weighted by Gasteiger charge is -2.31. The fourth-order valence-corrected chi connectivity index (χ4v) is 7.88. The van der Waals surface area contributed by atoms with Crippen LogP contribution in [0.5, 0.6) is 28.7 Å². The van der Waals surface area contributed by atoms with Crippen molar-refractivity contribution in [2.45, 2.75) is 12.8 Å². The zero-order valence-electron chi connectivity index (χ0n) is 31.3. The van der Waals surface area contributed by atoms with Crippen LogP contribution in [-0.4, -0.2) is 32.1 Å². The van der Waals surface area contributed by atoms with Crippen molar-refractivity contribution < 1.29 is 25.5 Å². The van der Waals surface area contributed by atoms with Crippen LogP contribution in [0.3, 0.4) is 0 Å². The van der Waals surface area contributed by atoms with Crippen LogP contribution in [0.2, 0.25) is 0 Å². The van der Waals surface area contributed by atoms with Gasteiger partial charge in [-0.05, 0) is 94.2 Å². The quantitative estimate of drug-likeness (QED) is 0.0640. The molecule has 0 aromatic heterocycles. The van der Waals surface area contributed by atoms with Gasteiger partial charge < -0.3 is 35.3 Å². The van der Waals surface area contributed by atoms with Gasteiger partial charge in [-0.25, -0.2) is 0 Å². The highest BCUT2D eigenvalue weighted by Gasteiger charge is 2.30. The van der Waals surface area contributed by atoms with Gasteiger partial charge in [0, 0.05) is 34.9 Å². The lowest BCUT2D eigenvalue weighted by atomic mass is 9.74. The Hall–Kier alpha value is -7.38. The molecule has 0 bridgehead atoms. The zero-order valence-corrected chi connectivity index (χ0v) is 31.3. The van der Waals surface area contributed by atoms with Gasteiger partial charge in [0.05, 0.1) is 0 Å². The van der Waals surface area contributed by atoms with Crippen molar-refractivity contribution in [2.75, 3.05) is 16.3 Å². The number of para-hydroxylation sites is 1. The second-order valence-electron chi connectivity index (χ2n) is 14.2. The number of phenols is 5. The largest absolute Gasteiger partial charge is 0.503 e. The van der Waals surface area contributed by atoms with E-state index in [-0.39, 0.29) is 11.4 Å². The Bertz CT molecular complexity index is 2560. The van der Waals surface area contributed by atoms with Crippen molar-refractivity contribution >= 4 is 33.8 Å². The molecule has 8 rings (SSSR count). The lowest BCUT2D eigenvalue weighted by Crippen LogP contribution is -2.23. The standard InChI is InChI=1S/C50H42N2O5/c1-32-23-26-39(29-30-51(44-22-11-10-18-40(32)44)38-27-24-35(25-28-38)34-14-4-3-5-15-34)52(45-46(53)48(55)50(57)49(56)47(45)54)33(2)13-12-17-37-31-36-16-6-7-19-41(36)43-21-9-8-20-42(37)43/h3-15,17-29,36,53-57H,1-2,16,30-31H2/b13-12-,26-23-,37-17+,39-29+. The molecular formula is C50H42N2O5. The molecule has 1 aliphatic heterocycles. The smallest absolute Gasteiger partial charge is 0.208 e. The average molecular weight is 751 g/mol. The second-order valence-corrected chi connectivity index (χ2v) is 14.2. The minimum absolute atomic E-state index is 0.282. The number of allylic oxidation sites excluding steroid dienone is 11. The topological polar surface area (TPSA) is 108 Å². The van der Waals surface area contributed by atoms with E-state index in [9.17, 15) is 25.5 Å². The summed E-state index contributed by atoms with van der Waals surface area (Å²) in [6.07, 6.45) is 19.5. The molecule has 0 saturated heterocycles. The van der Waals surface area contributed by atoms with Crippen LogP contribution in [0.4, 0.5) is 17.1 Å². The first-order valence-corrected chi connectivity index (χ1v) is 18.8. The first-order valence-electron chi connectivity index (χ1n) is 18.8. The van der Waals surface area contributed by atoms with Crippen molar-refractivity contribution in [3.63, 3.8) is 0 Å².